The summed E-state index contributed by atoms with van der Waals surface area (Å²) in [6.07, 6.45) is 0. The molecule has 0 saturated carbocycles. The maximum atomic E-state index is 11.7. The fraction of sp³-hybridized carbons (Fsp3) is 0.400. The van der Waals surface area contributed by atoms with Gasteiger partial charge in [0.25, 0.3) is 0 Å². The van der Waals surface area contributed by atoms with Crippen molar-refractivity contribution in [2.45, 2.75) is 12.6 Å². The number of carboxylic acids is 1. The van der Waals surface area contributed by atoms with E-state index in [0.29, 0.717) is 6.54 Å². The van der Waals surface area contributed by atoms with Crippen LogP contribution in [0, 0.1) is 0 Å². The van der Waals surface area contributed by atoms with Crippen LogP contribution < -0.4 is 5.32 Å². The van der Waals surface area contributed by atoms with E-state index in [1.165, 1.54) is 16.2 Å². The highest BCUT2D eigenvalue weighted by Crippen LogP contribution is 2.21. The van der Waals surface area contributed by atoms with Crippen LogP contribution in [0.4, 0.5) is 4.79 Å². The molecule has 8 heteroatoms. The van der Waals surface area contributed by atoms with Gasteiger partial charge in [0.15, 0.2) is 6.04 Å². The van der Waals surface area contributed by atoms with E-state index in [4.69, 9.17) is 10.2 Å². The Hall–Kier alpha value is -1.12. The number of amides is 2. The quantitative estimate of drug-likeness (QED) is 0.751. The molecule has 0 aliphatic carbocycles. The van der Waals surface area contributed by atoms with Crippen molar-refractivity contribution in [1.82, 2.24) is 10.2 Å². The SMILES string of the molecule is CN(Cc1csc(Br)c1)C(=O)NC(CO)C(=O)O. The number of aliphatic carboxylic acids is 1. The molecule has 1 atom stereocenters. The van der Waals surface area contributed by atoms with E-state index in [1.807, 2.05) is 11.4 Å². The third kappa shape index (κ3) is 4.28. The number of thiophene rings is 1. The molecule has 0 aromatic carbocycles. The third-order valence-electron chi connectivity index (χ3n) is 2.17. The minimum atomic E-state index is -1.28. The molecule has 3 N–H and O–H groups in total. The van der Waals surface area contributed by atoms with Gasteiger partial charge in [-0.2, -0.15) is 0 Å². The van der Waals surface area contributed by atoms with Gasteiger partial charge < -0.3 is 20.4 Å². The van der Waals surface area contributed by atoms with Gasteiger partial charge in [0, 0.05) is 13.6 Å². The van der Waals surface area contributed by atoms with Gasteiger partial charge in [0.2, 0.25) is 0 Å². The molecule has 1 aromatic rings. The number of urea groups is 1. The zero-order valence-corrected chi connectivity index (χ0v) is 12.0. The standard InChI is InChI=1S/C10H13BrN2O4S/c1-13(3-6-2-8(11)18-5-6)10(17)12-7(4-14)9(15)16/h2,5,7,14H,3-4H2,1H3,(H,12,17)(H,15,16). The lowest BCUT2D eigenvalue weighted by molar-refractivity contribution is -0.140. The second-order valence-electron chi connectivity index (χ2n) is 3.64. The Balaban J connectivity index is 2.53. The molecule has 0 aliphatic heterocycles. The van der Waals surface area contributed by atoms with Crippen LogP contribution in [0.2, 0.25) is 0 Å². The van der Waals surface area contributed by atoms with Crippen molar-refractivity contribution in [2.75, 3.05) is 13.7 Å². The molecule has 18 heavy (non-hydrogen) atoms. The van der Waals surface area contributed by atoms with E-state index in [0.717, 1.165) is 9.35 Å². The average molecular weight is 337 g/mol. The maximum Gasteiger partial charge on any atom is 0.328 e. The Labute approximate surface area is 116 Å². The lowest BCUT2D eigenvalue weighted by atomic mass is 10.3. The van der Waals surface area contributed by atoms with Crippen LogP contribution in [-0.2, 0) is 11.3 Å². The van der Waals surface area contributed by atoms with E-state index in [2.05, 4.69) is 21.2 Å². The average Bonchev–Trinajstić information content (AvgIpc) is 2.70. The number of carbonyl (C=O) groups excluding carboxylic acids is 1. The Morgan fingerprint density at radius 2 is 2.28 bits per heavy atom. The predicted molar refractivity (Wildman–Crippen MR) is 70.5 cm³/mol. The van der Waals surface area contributed by atoms with E-state index in [-0.39, 0.29) is 0 Å². The first-order chi connectivity index (χ1) is 8.43. The summed E-state index contributed by atoms with van der Waals surface area (Å²) in [5, 5.41) is 21.6. The van der Waals surface area contributed by atoms with Crippen LogP contribution in [-0.4, -0.2) is 46.8 Å². The smallest absolute Gasteiger partial charge is 0.328 e. The summed E-state index contributed by atoms with van der Waals surface area (Å²) >= 11 is 4.82. The highest BCUT2D eigenvalue weighted by molar-refractivity contribution is 9.11. The number of hydrogen-bond acceptors (Lipinski definition) is 4. The van der Waals surface area contributed by atoms with Gasteiger partial charge in [-0.15, -0.1) is 11.3 Å². The summed E-state index contributed by atoms with van der Waals surface area (Å²) in [6.45, 7) is -0.273. The van der Waals surface area contributed by atoms with Crippen LogP contribution in [0.5, 0.6) is 0 Å². The molecular weight excluding hydrogens is 324 g/mol. The maximum absolute atomic E-state index is 11.7. The number of rotatable bonds is 5. The van der Waals surface area contributed by atoms with Crippen LogP contribution >= 0.6 is 27.3 Å². The highest BCUT2D eigenvalue weighted by Gasteiger charge is 2.20. The van der Waals surface area contributed by atoms with Crippen molar-refractivity contribution < 1.29 is 19.8 Å². The topological polar surface area (TPSA) is 89.9 Å². The molecule has 1 aromatic heterocycles. The summed E-state index contributed by atoms with van der Waals surface area (Å²) in [5.74, 6) is -1.27. The molecule has 6 nitrogen and oxygen atoms in total. The first-order valence-corrected chi connectivity index (χ1v) is 6.69. The Morgan fingerprint density at radius 1 is 1.61 bits per heavy atom. The molecule has 0 spiro atoms. The van der Waals surface area contributed by atoms with E-state index < -0.39 is 24.6 Å². The second kappa shape index (κ2) is 6.72. The molecule has 1 unspecified atom stereocenters. The number of carbonyl (C=O) groups is 2. The molecule has 0 radical (unpaired) electrons. The molecule has 1 rings (SSSR count). The van der Waals surface area contributed by atoms with Crippen molar-refractivity contribution in [3.05, 3.63) is 20.8 Å². The van der Waals surface area contributed by atoms with Crippen molar-refractivity contribution in [3.63, 3.8) is 0 Å². The normalized spacial score (nSPS) is 11.9. The van der Waals surface area contributed by atoms with E-state index in [1.54, 1.807) is 7.05 Å². The molecule has 0 fully saturated rings. The van der Waals surface area contributed by atoms with Crippen molar-refractivity contribution >= 4 is 39.3 Å². The summed E-state index contributed by atoms with van der Waals surface area (Å²) in [5.41, 5.74) is 0.945. The van der Waals surface area contributed by atoms with Crippen molar-refractivity contribution in [3.8, 4) is 0 Å². The number of hydrogen-bond donors (Lipinski definition) is 3. The fourth-order valence-electron chi connectivity index (χ4n) is 1.22. The Bertz CT molecular complexity index is 437. The number of nitrogens with one attached hydrogen (secondary N) is 1. The molecule has 1 heterocycles. The third-order valence-corrected chi connectivity index (χ3v) is 3.72. The number of aliphatic hydroxyl groups is 1. The van der Waals surface area contributed by atoms with Gasteiger partial charge in [0.1, 0.15) is 0 Å². The molecular formula is C10H13BrN2O4S. The van der Waals surface area contributed by atoms with Crippen LogP contribution in [0.3, 0.4) is 0 Å². The zero-order chi connectivity index (χ0) is 13.7. The number of nitrogens with zero attached hydrogens (tertiary/aromatic N) is 1. The van der Waals surface area contributed by atoms with Crippen LogP contribution in [0.15, 0.2) is 15.2 Å². The number of aliphatic hydroxyl groups excluding tert-OH is 1. The second-order valence-corrected chi connectivity index (χ2v) is 5.93. The molecule has 0 saturated heterocycles. The van der Waals surface area contributed by atoms with Crippen molar-refractivity contribution in [1.29, 1.82) is 0 Å². The zero-order valence-electron chi connectivity index (χ0n) is 9.59. The lowest BCUT2D eigenvalue weighted by Gasteiger charge is -2.19. The summed E-state index contributed by atoms with van der Waals surface area (Å²) in [6, 6.07) is 0.0581. The van der Waals surface area contributed by atoms with Gasteiger partial charge in [-0.1, -0.05) is 0 Å². The Morgan fingerprint density at radius 3 is 2.72 bits per heavy atom. The Kier molecular flexibility index (Phi) is 5.57. The van der Waals surface area contributed by atoms with Gasteiger partial charge in [-0.3, -0.25) is 0 Å². The molecule has 2 amide bonds. The van der Waals surface area contributed by atoms with Crippen LogP contribution in [0.1, 0.15) is 5.56 Å². The van der Waals surface area contributed by atoms with Gasteiger partial charge >= 0.3 is 12.0 Å². The lowest BCUT2D eigenvalue weighted by Crippen LogP contribution is -2.48. The summed E-state index contributed by atoms with van der Waals surface area (Å²) in [7, 11) is 1.55. The van der Waals surface area contributed by atoms with E-state index in [9.17, 15) is 9.59 Å². The minimum Gasteiger partial charge on any atom is -0.480 e. The number of halogens is 1. The highest BCUT2D eigenvalue weighted by atomic mass is 79.9. The molecule has 0 aliphatic rings. The first kappa shape index (κ1) is 14.9. The summed E-state index contributed by atoms with van der Waals surface area (Å²) < 4.78 is 0.963. The first-order valence-electron chi connectivity index (χ1n) is 5.02. The monoisotopic (exact) mass is 336 g/mol. The summed E-state index contributed by atoms with van der Waals surface area (Å²) in [4.78, 5) is 23.7. The number of carboxylic acid groups (broad SMARTS) is 1. The van der Waals surface area contributed by atoms with E-state index >= 15 is 0 Å². The largest absolute Gasteiger partial charge is 0.480 e. The van der Waals surface area contributed by atoms with Crippen molar-refractivity contribution in [2.24, 2.45) is 0 Å². The molecule has 100 valence electrons. The minimum absolute atomic E-state index is 0.367. The van der Waals surface area contributed by atoms with Gasteiger partial charge in [-0.25, -0.2) is 9.59 Å². The predicted octanol–water partition coefficient (Wildman–Crippen LogP) is 1.10. The van der Waals surface area contributed by atoms with Gasteiger partial charge in [-0.05, 0) is 32.9 Å². The molecule has 0 bridgehead atoms. The van der Waals surface area contributed by atoms with Gasteiger partial charge in [0.05, 0.1) is 10.4 Å². The van der Waals surface area contributed by atoms with Crippen LogP contribution in [0.25, 0.3) is 0 Å². The fourth-order valence-corrected chi connectivity index (χ4v) is 2.42.